The Kier molecular flexibility index (Phi) is 6.57. The van der Waals surface area contributed by atoms with Crippen molar-refractivity contribution in [1.29, 1.82) is 0 Å². The predicted molar refractivity (Wildman–Crippen MR) is 88.2 cm³/mol. The first kappa shape index (κ1) is 15.5. The molecule has 110 valence electrons. The van der Waals surface area contributed by atoms with E-state index in [-0.39, 0.29) is 0 Å². The van der Waals surface area contributed by atoms with Crippen LogP contribution in [0.2, 0.25) is 0 Å². The first-order chi connectivity index (χ1) is 9.83. The Morgan fingerprint density at radius 1 is 1.20 bits per heavy atom. The van der Waals surface area contributed by atoms with Gasteiger partial charge in [0.05, 0.1) is 6.61 Å². The molecule has 1 aromatic carbocycles. The second-order valence-corrected chi connectivity index (χ2v) is 5.75. The van der Waals surface area contributed by atoms with Crippen LogP contribution in [0.1, 0.15) is 19.8 Å². The molecule has 0 aliphatic carbocycles. The molecule has 0 bridgehead atoms. The van der Waals surface area contributed by atoms with Gasteiger partial charge < -0.3 is 14.6 Å². The molecule has 1 aromatic heterocycles. The molecule has 0 aliphatic rings. The first-order valence-corrected chi connectivity index (χ1v) is 8.14. The maximum absolute atomic E-state index is 5.52. The fraction of sp³-hybridized carbons (Fsp3) is 0.500. The molecule has 4 heteroatoms. The Hall–Kier alpha value is -0.840. The van der Waals surface area contributed by atoms with E-state index < -0.39 is 0 Å². The normalized spacial score (nSPS) is 11.3. The summed E-state index contributed by atoms with van der Waals surface area (Å²) in [6.07, 6.45) is 4.50. The van der Waals surface area contributed by atoms with Crippen molar-refractivity contribution in [3.63, 3.8) is 0 Å². The topological polar surface area (TPSA) is 26.2 Å². The molecule has 0 unspecified atom stereocenters. The fourth-order valence-corrected chi connectivity index (χ4v) is 2.69. The summed E-state index contributed by atoms with van der Waals surface area (Å²) in [6, 6.07) is 8.48. The van der Waals surface area contributed by atoms with Crippen molar-refractivity contribution in [3.8, 4) is 0 Å². The van der Waals surface area contributed by atoms with E-state index >= 15 is 0 Å². The molecular formula is C16H23BrN2O. The summed E-state index contributed by atoms with van der Waals surface area (Å²) in [5.41, 5.74) is 1.28. The van der Waals surface area contributed by atoms with Crippen LogP contribution in [0.5, 0.6) is 0 Å². The zero-order valence-electron chi connectivity index (χ0n) is 12.1. The Balaban J connectivity index is 1.70. The lowest BCUT2D eigenvalue weighted by Gasteiger charge is -2.08. The number of unbranched alkanes of at least 4 members (excludes halogenated alkanes) is 1. The quantitative estimate of drug-likeness (QED) is 0.703. The molecule has 3 nitrogen and oxygen atoms in total. The van der Waals surface area contributed by atoms with Crippen molar-refractivity contribution in [2.75, 3.05) is 26.3 Å². The maximum Gasteiger partial charge on any atom is 0.0590 e. The van der Waals surface area contributed by atoms with Gasteiger partial charge in [-0.2, -0.15) is 0 Å². The van der Waals surface area contributed by atoms with Gasteiger partial charge in [-0.25, -0.2) is 0 Å². The largest absolute Gasteiger partial charge is 0.380 e. The number of benzene rings is 1. The Morgan fingerprint density at radius 2 is 2.10 bits per heavy atom. The van der Waals surface area contributed by atoms with Gasteiger partial charge in [0, 0.05) is 47.8 Å². The molecule has 1 heterocycles. The highest BCUT2D eigenvalue weighted by atomic mass is 79.9. The van der Waals surface area contributed by atoms with Crippen LogP contribution >= 0.6 is 15.9 Å². The van der Waals surface area contributed by atoms with Gasteiger partial charge in [0.15, 0.2) is 0 Å². The third-order valence-corrected chi connectivity index (χ3v) is 4.05. The zero-order chi connectivity index (χ0) is 14.2. The number of ether oxygens (including phenoxy) is 1. The Labute approximate surface area is 129 Å². The van der Waals surface area contributed by atoms with E-state index in [9.17, 15) is 0 Å². The molecule has 20 heavy (non-hydrogen) atoms. The number of fused-ring (bicyclic) bond motifs is 1. The molecular weight excluding hydrogens is 316 g/mol. The molecule has 0 spiro atoms. The molecule has 2 rings (SSSR count). The average molecular weight is 339 g/mol. The number of hydrogen-bond donors (Lipinski definition) is 1. The molecule has 2 aromatic rings. The first-order valence-electron chi connectivity index (χ1n) is 7.34. The van der Waals surface area contributed by atoms with Gasteiger partial charge in [0.2, 0.25) is 0 Å². The van der Waals surface area contributed by atoms with Crippen molar-refractivity contribution < 1.29 is 4.74 Å². The molecule has 0 saturated heterocycles. The molecule has 0 amide bonds. The fourth-order valence-electron chi connectivity index (χ4n) is 2.20. The molecule has 0 saturated carbocycles. The van der Waals surface area contributed by atoms with Gasteiger partial charge in [-0.05, 0) is 24.6 Å². The van der Waals surface area contributed by atoms with Gasteiger partial charge in [0.25, 0.3) is 0 Å². The lowest BCUT2D eigenvalue weighted by molar-refractivity contribution is 0.133. The van der Waals surface area contributed by atoms with E-state index in [1.807, 2.05) is 0 Å². The van der Waals surface area contributed by atoms with Gasteiger partial charge in [-0.1, -0.05) is 35.3 Å². The molecule has 0 radical (unpaired) electrons. The van der Waals surface area contributed by atoms with Crippen molar-refractivity contribution in [2.45, 2.75) is 26.3 Å². The summed E-state index contributed by atoms with van der Waals surface area (Å²) in [4.78, 5) is 0. The van der Waals surface area contributed by atoms with Crippen molar-refractivity contribution in [2.24, 2.45) is 0 Å². The van der Waals surface area contributed by atoms with Crippen LogP contribution in [0, 0.1) is 0 Å². The molecule has 0 atom stereocenters. The second kappa shape index (κ2) is 8.45. The maximum atomic E-state index is 5.52. The van der Waals surface area contributed by atoms with E-state index in [2.05, 4.69) is 63.2 Å². The number of aromatic nitrogens is 1. The summed E-state index contributed by atoms with van der Waals surface area (Å²) in [7, 11) is 0. The van der Waals surface area contributed by atoms with Crippen molar-refractivity contribution in [1.82, 2.24) is 9.88 Å². The summed E-state index contributed by atoms with van der Waals surface area (Å²) in [6.45, 7) is 6.74. The minimum Gasteiger partial charge on any atom is -0.380 e. The summed E-state index contributed by atoms with van der Waals surface area (Å²) < 4.78 is 8.96. The minimum absolute atomic E-state index is 0.804. The van der Waals surface area contributed by atoms with E-state index in [0.717, 1.165) is 43.7 Å². The van der Waals surface area contributed by atoms with Crippen LogP contribution in [-0.2, 0) is 11.3 Å². The Bertz CT molecular complexity index is 524. The molecule has 0 fully saturated rings. The summed E-state index contributed by atoms with van der Waals surface area (Å²) in [5, 5.41) is 4.70. The van der Waals surface area contributed by atoms with E-state index in [1.54, 1.807) is 0 Å². The second-order valence-electron chi connectivity index (χ2n) is 4.90. The third kappa shape index (κ3) is 4.33. The summed E-state index contributed by atoms with van der Waals surface area (Å²) >= 11 is 3.59. The van der Waals surface area contributed by atoms with E-state index in [0.29, 0.717) is 0 Å². The van der Waals surface area contributed by atoms with Gasteiger partial charge in [-0.15, -0.1) is 0 Å². The van der Waals surface area contributed by atoms with Crippen LogP contribution in [0.3, 0.4) is 0 Å². The van der Waals surface area contributed by atoms with Crippen LogP contribution in [-0.4, -0.2) is 30.9 Å². The number of nitrogens with one attached hydrogen (secondary N) is 1. The zero-order valence-corrected chi connectivity index (χ0v) is 13.7. The third-order valence-electron chi connectivity index (χ3n) is 3.36. The lowest BCUT2D eigenvalue weighted by Crippen LogP contribution is -2.24. The number of halogens is 1. The van der Waals surface area contributed by atoms with E-state index in [4.69, 9.17) is 4.74 Å². The lowest BCUT2D eigenvalue weighted by atomic mass is 10.2. The monoisotopic (exact) mass is 338 g/mol. The highest BCUT2D eigenvalue weighted by Crippen LogP contribution is 2.24. The standard InChI is InChI=1S/C16H23BrN2O/c1-2-3-12-20-13-9-18-8-11-19-10-7-14-15(17)5-4-6-16(14)19/h4-7,10,18H,2-3,8-9,11-13H2,1H3. The van der Waals surface area contributed by atoms with Crippen LogP contribution < -0.4 is 5.32 Å². The van der Waals surface area contributed by atoms with Crippen LogP contribution in [0.25, 0.3) is 10.9 Å². The molecule has 0 aliphatic heterocycles. The summed E-state index contributed by atoms with van der Waals surface area (Å²) in [5.74, 6) is 0. The number of hydrogen-bond acceptors (Lipinski definition) is 2. The smallest absolute Gasteiger partial charge is 0.0590 e. The SMILES string of the molecule is CCCCOCCNCCn1ccc2c(Br)cccc21. The van der Waals surface area contributed by atoms with Gasteiger partial charge >= 0.3 is 0 Å². The van der Waals surface area contributed by atoms with Crippen molar-refractivity contribution >= 4 is 26.8 Å². The Morgan fingerprint density at radius 3 is 2.95 bits per heavy atom. The van der Waals surface area contributed by atoms with Crippen molar-refractivity contribution in [3.05, 3.63) is 34.9 Å². The minimum atomic E-state index is 0.804. The molecule has 1 N–H and O–H groups in total. The number of nitrogens with zero attached hydrogens (tertiary/aromatic N) is 1. The van der Waals surface area contributed by atoms with Gasteiger partial charge in [0.1, 0.15) is 0 Å². The van der Waals surface area contributed by atoms with Crippen LogP contribution in [0.15, 0.2) is 34.9 Å². The number of rotatable bonds is 9. The van der Waals surface area contributed by atoms with Crippen LogP contribution in [0.4, 0.5) is 0 Å². The van der Waals surface area contributed by atoms with E-state index in [1.165, 1.54) is 17.3 Å². The van der Waals surface area contributed by atoms with Gasteiger partial charge in [-0.3, -0.25) is 0 Å². The average Bonchev–Trinajstić information content (AvgIpc) is 2.87. The predicted octanol–water partition coefficient (Wildman–Crippen LogP) is 3.81. The highest BCUT2D eigenvalue weighted by molar-refractivity contribution is 9.10. The highest BCUT2D eigenvalue weighted by Gasteiger charge is 2.02.